The Morgan fingerprint density at radius 1 is 1.14 bits per heavy atom. The third kappa shape index (κ3) is 4.35. The van der Waals surface area contributed by atoms with Gasteiger partial charge in [0.2, 0.25) is 10.0 Å². The van der Waals surface area contributed by atoms with Gasteiger partial charge in [-0.1, -0.05) is 12.1 Å². The zero-order chi connectivity index (χ0) is 16.3. The molecule has 6 heteroatoms. The molecule has 0 aliphatic carbocycles. The first-order valence-corrected chi connectivity index (χ1v) is 9.03. The minimum Gasteiger partial charge on any atom is -0.467 e. The standard InChI is InChI=1S/C16H22N2O3S/c1-11-8-9-21-16(11)13(3)17-12(2)14-6-5-7-15(10-14)18-22(4,19)20/h5-10,12-13,17-18H,1-4H3/t12-,13+/m0/s1. The van der Waals surface area contributed by atoms with Gasteiger partial charge in [-0.05, 0) is 50.1 Å². The zero-order valence-corrected chi connectivity index (χ0v) is 14.1. The van der Waals surface area contributed by atoms with E-state index in [4.69, 9.17) is 4.42 Å². The van der Waals surface area contributed by atoms with Crippen LogP contribution in [0.25, 0.3) is 0 Å². The molecule has 0 bridgehead atoms. The number of hydrogen-bond donors (Lipinski definition) is 2. The van der Waals surface area contributed by atoms with Gasteiger partial charge < -0.3 is 9.73 Å². The maximum atomic E-state index is 11.3. The van der Waals surface area contributed by atoms with E-state index in [-0.39, 0.29) is 12.1 Å². The number of benzene rings is 1. The number of anilines is 1. The van der Waals surface area contributed by atoms with Gasteiger partial charge in [0, 0.05) is 11.7 Å². The molecule has 0 unspecified atom stereocenters. The van der Waals surface area contributed by atoms with Gasteiger partial charge in [-0.2, -0.15) is 0 Å². The van der Waals surface area contributed by atoms with E-state index < -0.39 is 10.0 Å². The Hall–Kier alpha value is -1.79. The summed E-state index contributed by atoms with van der Waals surface area (Å²) in [6.07, 6.45) is 2.83. The van der Waals surface area contributed by atoms with Crippen molar-refractivity contribution >= 4 is 15.7 Å². The minimum atomic E-state index is -3.27. The van der Waals surface area contributed by atoms with Crippen molar-refractivity contribution in [2.24, 2.45) is 0 Å². The van der Waals surface area contributed by atoms with Crippen LogP contribution in [0.15, 0.2) is 41.0 Å². The molecule has 1 aromatic heterocycles. The molecule has 0 amide bonds. The van der Waals surface area contributed by atoms with Crippen LogP contribution in [0.4, 0.5) is 5.69 Å². The van der Waals surface area contributed by atoms with Crippen molar-refractivity contribution in [2.75, 3.05) is 11.0 Å². The molecule has 0 radical (unpaired) electrons. The summed E-state index contributed by atoms with van der Waals surface area (Å²) in [5.41, 5.74) is 2.68. The second-order valence-corrected chi connectivity index (χ2v) is 7.33. The van der Waals surface area contributed by atoms with Crippen LogP contribution in [0, 0.1) is 6.92 Å². The molecular weight excluding hydrogens is 300 g/mol. The number of hydrogen-bond acceptors (Lipinski definition) is 4. The van der Waals surface area contributed by atoms with E-state index in [1.807, 2.05) is 45.0 Å². The highest BCUT2D eigenvalue weighted by molar-refractivity contribution is 7.92. The average Bonchev–Trinajstić information content (AvgIpc) is 2.83. The fourth-order valence-corrected chi connectivity index (χ4v) is 3.02. The fourth-order valence-electron chi connectivity index (χ4n) is 2.46. The van der Waals surface area contributed by atoms with E-state index in [1.165, 1.54) is 0 Å². The molecule has 2 N–H and O–H groups in total. The fraction of sp³-hybridized carbons (Fsp3) is 0.375. The zero-order valence-electron chi connectivity index (χ0n) is 13.3. The summed E-state index contributed by atoms with van der Waals surface area (Å²) in [4.78, 5) is 0. The van der Waals surface area contributed by atoms with Crippen LogP contribution in [0.5, 0.6) is 0 Å². The Morgan fingerprint density at radius 3 is 2.45 bits per heavy atom. The van der Waals surface area contributed by atoms with Gasteiger partial charge in [0.25, 0.3) is 0 Å². The molecular formula is C16H22N2O3S. The first kappa shape index (κ1) is 16.6. The molecule has 0 spiro atoms. The first-order chi connectivity index (χ1) is 10.3. The third-order valence-corrected chi connectivity index (χ3v) is 4.09. The highest BCUT2D eigenvalue weighted by atomic mass is 32.2. The van der Waals surface area contributed by atoms with Crippen LogP contribution >= 0.6 is 0 Å². The SMILES string of the molecule is Cc1ccoc1[C@@H](C)N[C@@H](C)c1cccc(NS(C)(=O)=O)c1. The lowest BCUT2D eigenvalue weighted by Crippen LogP contribution is -2.22. The number of sulfonamides is 1. The summed E-state index contributed by atoms with van der Waals surface area (Å²) in [6, 6.07) is 9.43. The smallest absolute Gasteiger partial charge is 0.229 e. The molecule has 1 aromatic carbocycles. The van der Waals surface area contributed by atoms with E-state index in [1.54, 1.807) is 12.3 Å². The second-order valence-electron chi connectivity index (χ2n) is 5.58. The molecule has 0 saturated heterocycles. The Kier molecular flexibility index (Phi) is 4.93. The van der Waals surface area contributed by atoms with E-state index in [2.05, 4.69) is 10.0 Å². The normalized spacial score (nSPS) is 14.5. The van der Waals surface area contributed by atoms with Crippen molar-refractivity contribution in [3.63, 3.8) is 0 Å². The topological polar surface area (TPSA) is 71.3 Å². The molecule has 0 saturated carbocycles. The lowest BCUT2D eigenvalue weighted by atomic mass is 10.1. The van der Waals surface area contributed by atoms with Crippen LogP contribution in [-0.4, -0.2) is 14.7 Å². The summed E-state index contributed by atoms with van der Waals surface area (Å²) < 4.78 is 30.6. The van der Waals surface area contributed by atoms with E-state index in [0.29, 0.717) is 5.69 Å². The van der Waals surface area contributed by atoms with Gasteiger partial charge in [-0.15, -0.1) is 0 Å². The minimum absolute atomic E-state index is 0.0563. The maximum absolute atomic E-state index is 11.3. The van der Waals surface area contributed by atoms with E-state index in [9.17, 15) is 8.42 Å². The molecule has 5 nitrogen and oxygen atoms in total. The van der Waals surface area contributed by atoms with Gasteiger partial charge in [0.05, 0.1) is 18.6 Å². The van der Waals surface area contributed by atoms with Gasteiger partial charge >= 0.3 is 0 Å². The molecule has 0 aliphatic rings. The van der Waals surface area contributed by atoms with Gasteiger partial charge in [0.15, 0.2) is 0 Å². The predicted molar refractivity (Wildman–Crippen MR) is 88.3 cm³/mol. The van der Waals surface area contributed by atoms with Crippen molar-refractivity contribution in [3.8, 4) is 0 Å². The van der Waals surface area contributed by atoms with Crippen LogP contribution in [0.3, 0.4) is 0 Å². The summed E-state index contributed by atoms with van der Waals surface area (Å²) in [5.74, 6) is 0.914. The van der Waals surface area contributed by atoms with E-state index >= 15 is 0 Å². The van der Waals surface area contributed by atoms with Crippen LogP contribution in [0.1, 0.15) is 42.8 Å². The van der Waals surface area contributed by atoms with E-state index in [0.717, 1.165) is 23.1 Å². The summed E-state index contributed by atoms with van der Waals surface area (Å²) in [5, 5.41) is 3.46. The number of nitrogens with one attached hydrogen (secondary N) is 2. The summed E-state index contributed by atoms with van der Waals surface area (Å²) in [6.45, 7) is 6.09. The van der Waals surface area contributed by atoms with Crippen LogP contribution < -0.4 is 10.0 Å². The van der Waals surface area contributed by atoms with Crippen molar-refractivity contribution in [1.82, 2.24) is 5.32 Å². The Bertz CT molecular complexity index is 737. The van der Waals surface area contributed by atoms with Gasteiger partial charge in [-0.3, -0.25) is 4.72 Å². The molecule has 120 valence electrons. The molecule has 22 heavy (non-hydrogen) atoms. The monoisotopic (exact) mass is 322 g/mol. The summed E-state index contributed by atoms with van der Waals surface area (Å²) >= 11 is 0. The quantitative estimate of drug-likeness (QED) is 0.855. The first-order valence-electron chi connectivity index (χ1n) is 7.14. The predicted octanol–water partition coefficient (Wildman–Crippen LogP) is 3.37. The van der Waals surface area contributed by atoms with Gasteiger partial charge in [-0.25, -0.2) is 8.42 Å². The third-order valence-electron chi connectivity index (χ3n) is 3.48. The highest BCUT2D eigenvalue weighted by Crippen LogP contribution is 2.24. The molecule has 0 fully saturated rings. The highest BCUT2D eigenvalue weighted by Gasteiger charge is 2.16. The van der Waals surface area contributed by atoms with Crippen molar-refractivity contribution < 1.29 is 12.8 Å². The molecule has 2 atom stereocenters. The number of furan rings is 1. The Morgan fingerprint density at radius 2 is 1.86 bits per heavy atom. The Labute approximate surface area is 131 Å². The second kappa shape index (κ2) is 6.54. The van der Waals surface area contributed by atoms with Crippen molar-refractivity contribution in [1.29, 1.82) is 0 Å². The number of rotatable bonds is 6. The Balaban J connectivity index is 2.11. The number of aryl methyl sites for hydroxylation is 1. The van der Waals surface area contributed by atoms with Crippen LogP contribution in [-0.2, 0) is 10.0 Å². The lowest BCUT2D eigenvalue weighted by Gasteiger charge is -2.20. The largest absolute Gasteiger partial charge is 0.467 e. The average molecular weight is 322 g/mol. The molecule has 2 aromatic rings. The molecule has 0 aliphatic heterocycles. The summed E-state index contributed by atoms with van der Waals surface area (Å²) in [7, 11) is -3.27. The molecule has 2 rings (SSSR count). The molecule has 1 heterocycles. The van der Waals surface area contributed by atoms with Crippen molar-refractivity contribution in [2.45, 2.75) is 32.9 Å². The van der Waals surface area contributed by atoms with Gasteiger partial charge in [0.1, 0.15) is 5.76 Å². The maximum Gasteiger partial charge on any atom is 0.229 e. The lowest BCUT2D eigenvalue weighted by molar-refractivity contribution is 0.400. The van der Waals surface area contributed by atoms with Crippen LogP contribution in [0.2, 0.25) is 0 Å². The van der Waals surface area contributed by atoms with Crippen molar-refractivity contribution in [3.05, 3.63) is 53.5 Å².